The van der Waals surface area contributed by atoms with Crippen LogP contribution in [0.25, 0.3) is 0 Å². The van der Waals surface area contributed by atoms with Crippen molar-refractivity contribution in [3.05, 3.63) is 101 Å². The lowest BCUT2D eigenvalue weighted by Gasteiger charge is -2.39. The summed E-state index contributed by atoms with van der Waals surface area (Å²) >= 11 is 0. The Kier molecular flexibility index (Phi) is 10.2. The minimum atomic E-state index is -4.45. The van der Waals surface area contributed by atoms with E-state index in [2.05, 4.69) is 66.7 Å². The zero-order valence-corrected chi connectivity index (χ0v) is 25.8. The van der Waals surface area contributed by atoms with Crippen LogP contribution >= 0.6 is 0 Å². The van der Waals surface area contributed by atoms with Crippen LogP contribution in [0.1, 0.15) is 61.4 Å². The van der Waals surface area contributed by atoms with Gasteiger partial charge in [0.25, 0.3) is 0 Å². The second-order valence-electron chi connectivity index (χ2n) is 12.7. The molecule has 0 N–H and O–H groups in total. The van der Waals surface area contributed by atoms with Crippen molar-refractivity contribution in [2.45, 2.75) is 65.3 Å². The lowest BCUT2D eigenvalue weighted by Crippen LogP contribution is -2.47. The van der Waals surface area contributed by atoms with Crippen LogP contribution in [-0.2, 0) is 30.5 Å². The average molecular weight is 590 g/mol. The lowest BCUT2D eigenvalue weighted by atomic mass is 9.97. The van der Waals surface area contributed by atoms with Crippen LogP contribution in [0.4, 0.5) is 18.9 Å². The third-order valence-electron chi connectivity index (χ3n) is 7.65. The molecule has 3 aromatic carbocycles. The largest absolute Gasteiger partial charge is 0.416 e. The number of likely N-dealkylation sites (tertiary alicyclic amines) is 1. The molecule has 4 rings (SSSR count). The van der Waals surface area contributed by atoms with E-state index in [1.54, 1.807) is 6.07 Å². The Morgan fingerprint density at radius 1 is 0.884 bits per heavy atom. The number of piperidine rings is 1. The molecule has 0 bridgehead atoms. The van der Waals surface area contributed by atoms with E-state index < -0.39 is 11.7 Å². The molecule has 0 aromatic heterocycles. The molecule has 1 fully saturated rings. The van der Waals surface area contributed by atoms with Gasteiger partial charge in [-0.15, -0.1) is 0 Å². The molecular formula is C36H42F3N3O. The van der Waals surface area contributed by atoms with E-state index in [9.17, 15) is 18.0 Å². The van der Waals surface area contributed by atoms with Gasteiger partial charge in [-0.05, 0) is 80.6 Å². The maximum absolute atomic E-state index is 13.8. The van der Waals surface area contributed by atoms with Gasteiger partial charge in [0.2, 0.25) is 5.91 Å². The summed E-state index contributed by atoms with van der Waals surface area (Å²) in [5.74, 6) is 6.33. The van der Waals surface area contributed by atoms with Gasteiger partial charge in [0, 0.05) is 63.0 Å². The number of amides is 1. The van der Waals surface area contributed by atoms with Crippen LogP contribution in [0.15, 0.2) is 72.8 Å². The predicted octanol–water partition coefficient (Wildman–Crippen LogP) is 7.40. The smallest absolute Gasteiger partial charge is 0.378 e. The molecule has 0 radical (unpaired) electrons. The van der Waals surface area contributed by atoms with E-state index in [0.717, 1.165) is 61.4 Å². The van der Waals surface area contributed by atoms with E-state index >= 15 is 0 Å². The standard InChI is InChI=1S/C36H42F3N3O/c1-35(2,3)19-16-27-8-6-10-30(22-27)26-42(34(43)24-29-9-7-11-31(23-29)36(37,38)39)33-17-20-41(21-18-33)25-28-12-14-32(15-13-28)40(4)5/h6-15,22-23,33H,17-18,20-21,24-26H2,1-5H3. The average Bonchev–Trinajstić information content (AvgIpc) is 2.95. The number of hydrogen-bond donors (Lipinski definition) is 0. The highest BCUT2D eigenvalue weighted by molar-refractivity contribution is 5.79. The third kappa shape index (κ3) is 9.62. The molecule has 0 aliphatic carbocycles. The van der Waals surface area contributed by atoms with Crippen molar-refractivity contribution in [1.82, 2.24) is 9.80 Å². The topological polar surface area (TPSA) is 26.8 Å². The third-order valence-corrected chi connectivity index (χ3v) is 7.65. The van der Waals surface area contributed by atoms with Crippen LogP contribution < -0.4 is 4.90 Å². The van der Waals surface area contributed by atoms with Crippen LogP contribution in [0.2, 0.25) is 0 Å². The molecule has 3 aromatic rings. The first-order chi connectivity index (χ1) is 20.3. The van der Waals surface area contributed by atoms with Crippen LogP contribution in [-0.4, -0.2) is 48.9 Å². The normalized spacial score (nSPS) is 14.6. The quantitative estimate of drug-likeness (QED) is 0.256. The molecule has 228 valence electrons. The monoisotopic (exact) mass is 589 g/mol. The first-order valence-electron chi connectivity index (χ1n) is 14.8. The summed E-state index contributed by atoms with van der Waals surface area (Å²) in [5.41, 5.74) is 3.75. The van der Waals surface area contributed by atoms with Gasteiger partial charge in [-0.3, -0.25) is 9.69 Å². The van der Waals surface area contributed by atoms with Gasteiger partial charge in [-0.25, -0.2) is 0 Å². The Labute approximate surface area is 254 Å². The van der Waals surface area contributed by atoms with Crippen molar-refractivity contribution in [3.63, 3.8) is 0 Å². The molecule has 0 spiro atoms. The molecule has 1 saturated heterocycles. The highest BCUT2D eigenvalue weighted by Gasteiger charge is 2.32. The minimum absolute atomic E-state index is 0.00465. The van der Waals surface area contributed by atoms with Crippen molar-refractivity contribution in [2.75, 3.05) is 32.1 Å². The molecule has 7 heteroatoms. The Morgan fingerprint density at radius 3 is 2.16 bits per heavy atom. The summed E-state index contributed by atoms with van der Waals surface area (Å²) in [5, 5.41) is 0. The molecule has 0 atom stereocenters. The molecule has 4 nitrogen and oxygen atoms in total. The number of halogens is 3. The SMILES string of the molecule is CN(C)c1ccc(CN2CCC(N(Cc3cccc(C#CC(C)(C)C)c3)C(=O)Cc3cccc(C(F)(F)F)c3)CC2)cc1. The van der Waals surface area contributed by atoms with Crippen molar-refractivity contribution in [3.8, 4) is 11.8 Å². The maximum atomic E-state index is 13.8. The summed E-state index contributed by atoms with van der Waals surface area (Å²) < 4.78 is 40.1. The molecule has 1 aliphatic rings. The number of hydrogen-bond acceptors (Lipinski definition) is 3. The zero-order chi connectivity index (χ0) is 31.2. The molecule has 43 heavy (non-hydrogen) atoms. The van der Waals surface area contributed by atoms with Gasteiger partial charge >= 0.3 is 6.18 Å². The van der Waals surface area contributed by atoms with Gasteiger partial charge < -0.3 is 9.80 Å². The number of benzene rings is 3. The van der Waals surface area contributed by atoms with Crippen LogP contribution in [0.5, 0.6) is 0 Å². The Bertz CT molecular complexity index is 1440. The fraction of sp³-hybridized carbons (Fsp3) is 0.417. The second-order valence-corrected chi connectivity index (χ2v) is 12.7. The van der Waals surface area contributed by atoms with Crippen molar-refractivity contribution in [2.24, 2.45) is 5.41 Å². The summed E-state index contributed by atoms with van der Waals surface area (Å²) in [7, 11) is 4.05. The molecule has 0 unspecified atom stereocenters. The van der Waals surface area contributed by atoms with Gasteiger partial charge in [0.15, 0.2) is 0 Å². The second kappa shape index (κ2) is 13.7. The van der Waals surface area contributed by atoms with Crippen LogP contribution in [0.3, 0.4) is 0 Å². The molecular weight excluding hydrogens is 547 g/mol. The number of carbonyl (C=O) groups excluding carboxylic acids is 1. The molecule has 1 aliphatic heterocycles. The number of carbonyl (C=O) groups is 1. The van der Waals surface area contributed by atoms with Gasteiger partial charge in [0.05, 0.1) is 12.0 Å². The van der Waals surface area contributed by atoms with Crippen molar-refractivity contribution < 1.29 is 18.0 Å². The first kappa shape index (κ1) is 32.2. The molecule has 1 amide bonds. The van der Waals surface area contributed by atoms with Crippen molar-refractivity contribution >= 4 is 11.6 Å². The van der Waals surface area contributed by atoms with E-state index in [4.69, 9.17) is 0 Å². The van der Waals surface area contributed by atoms with Crippen molar-refractivity contribution in [1.29, 1.82) is 0 Å². The lowest BCUT2D eigenvalue weighted by molar-refractivity contribution is -0.138. The van der Waals surface area contributed by atoms with Crippen LogP contribution in [0, 0.1) is 17.3 Å². The summed E-state index contributed by atoms with van der Waals surface area (Å²) in [6.45, 7) is 9.08. The number of nitrogens with zero attached hydrogens (tertiary/aromatic N) is 3. The highest BCUT2D eigenvalue weighted by atomic mass is 19.4. The summed E-state index contributed by atoms with van der Waals surface area (Å²) in [6, 6.07) is 21.5. The Balaban J connectivity index is 1.50. The zero-order valence-electron chi connectivity index (χ0n) is 25.8. The summed E-state index contributed by atoms with van der Waals surface area (Å²) in [6.07, 6.45) is -2.93. The van der Waals surface area contributed by atoms with E-state index in [1.165, 1.54) is 11.6 Å². The maximum Gasteiger partial charge on any atom is 0.416 e. The number of anilines is 1. The highest BCUT2D eigenvalue weighted by Crippen LogP contribution is 2.30. The molecule has 0 saturated carbocycles. The fourth-order valence-corrected chi connectivity index (χ4v) is 5.31. The number of rotatable bonds is 8. The first-order valence-corrected chi connectivity index (χ1v) is 14.8. The van der Waals surface area contributed by atoms with E-state index in [1.807, 2.05) is 43.3 Å². The Hall–Kier alpha value is -3.76. The van der Waals surface area contributed by atoms with Gasteiger partial charge in [0.1, 0.15) is 0 Å². The number of alkyl halides is 3. The van der Waals surface area contributed by atoms with E-state index in [-0.39, 0.29) is 23.8 Å². The Morgan fingerprint density at radius 2 is 1.53 bits per heavy atom. The minimum Gasteiger partial charge on any atom is -0.378 e. The summed E-state index contributed by atoms with van der Waals surface area (Å²) in [4.78, 5) is 20.1. The predicted molar refractivity (Wildman–Crippen MR) is 168 cm³/mol. The van der Waals surface area contributed by atoms with Gasteiger partial charge in [-0.2, -0.15) is 13.2 Å². The molecule has 1 heterocycles. The fourth-order valence-electron chi connectivity index (χ4n) is 5.31. The van der Waals surface area contributed by atoms with E-state index in [0.29, 0.717) is 12.1 Å². The van der Waals surface area contributed by atoms with Gasteiger partial charge in [-0.1, -0.05) is 54.3 Å².